The van der Waals surface area contributed by atoms with Crippen molar-refractivity contribution in [3.05, 3.63) is 93.8 Å². The van der Waals surface area contributed by atoms with Crippen molar-refractivity contribution in [1.29, 1.82) is 0 Å². The molecule has 0 unspecified atom stereocenters. The molecule has 0 bridgehead atoms. The fraction of sp³-hybridized carbons (Fsp3) is 0.0833. The number of benzene rings is 3. The first-order chi connectivity index (χ1) is 15.2. The Morgan fingerprint density at radius 2 is 1.84 bits per heavy atom. The number of methoxy groups -OCH3 is 1. The molecule has 1 aromatic heterocycles. The van der Waals surface area contributed by atoms with Crippen LogP contribution in [0.3, 0.4) is 0 Å². The summed E-state index contributed by atoms with van der Waals surface area (Å²) in [4.78, 5) is 4.58. The SMILES string of the molecule is COc1cc(/C=N\Nc2nc(-c3ccc(Br)cc3)cs2)ccc1OCc1ccccc1. The molecule has 1 heterocycles. The second kappa shape index (κ2) is 10.2. The van der Waals surface area contributed by atoms with Crippen molar-refractivity contribution < 1.29 is 9.47 Å². The Balaban J connectivity index is 1.38. The lowest BCUT2D eigenvalue weighted by Crippen LogP contribution is -1.98. The number of anilines is 1. The van der Waals surface area contributed by atoms with E-state index >= 15 is 0 Å². The maximum absolute atomic E-state index is 5.90. The molecular formula is C24H20BrN3O2S. The van der Waals surface area contributed by atoms with Crippen LogP contribution in [0.4, 0.5) is 5.13 Å². The Morgan fingerprint density at radius 3 is 2.61 bits per heavy atom. The third-order valence-corrected chi connectivity index (χ3v) is 5.72. The molecular weight excluding hydrogens is 474 g/mol. The molecule has 0 aliphatic carbocycles. The van der Waals surface area contributed by atoms with Gasteiger partial charge in [0.2, 0.25) is 5.13 Å². The molecule has 3 aromatic carbocycles. The van der Waals surface area contributed by atoms with E-state index < -0.39 is 0 Å². The van der Waals surface area contributed by atoms with Crippen LogP contribution in [0, 0.1) is 0 Å². The van der Waals surface area contributed by atoms with E-state index in [4.69, 9.17) is 9.47 Å². The Kier molecular flexibility index (Phi) is 6.96. The molecule has 5 nitrogen and oxygen atoms in total. The minimum atomic E-state index is 0.483. The third-order valence-electron chi connectivity index (χ3n) is 4.44. The van der Waals surface area contributed by atoms with Crippen LogP contribution in [-0.2, 0) is 6.61 Å². The second-order valence-electron chi connectivity index (χ2n) is 6.60. The fourth-order valence-corrected chi connectivity index (χ4v) is 3.79. The molecule has 0 atom stereocenters. The highest BCUT2D eigenvalue weighted by Gasteiger charge is 2.06. The van der Waals surface area contributed by atoms with Crippen LogP contribution in [0.5, 0.6) is 11.5 Å². The molecule has 0 aliphatic rings. The minimum absolute atomic E-state index is 0.483. The van der Waals surface area contributed by atoms with Crippen LogP contribution in [0.1, 0.15) is 11.1 Å². The Morgan fingerprint density at radius 1 is 1.03 bits per heavy atom. The van der Waals surface area contributed by atoms with Gasteiger partial charge in [-0.2, -0.15) is 5.10 Å². The van der Waals surface area contributed by atoms with Crippen LogP contribution >= 0.6 is 27.3 Å². The maximum atomic E-state index is 5.90. The zero-order chi connectivity index (χ0) is 21.5. The highest BCUT2D eigenvalue weighted by Crippen LogP contribution is 2.29. The summed E-state index contributed by atoms with van der Waals surface area (Å²) >= 11 is 4.95. The zero-order valence-electron chi connectivity index (χ0n) is 16.8. The molecule has 0 aliphatic heterocycles. The van der Waals surface area contributed by atoms with E-state index in [0.29, 0.717) is 18.1 Å². The molecule has 4 rings (SSSR count). The molecule has 0 saturated carbocycles. The summed E-state index contributed by atoms with van der Waals surface area (Å²) in [5.41, 5.74) is 6.96. The largest absolute Gasteiger partial charge is 0.493 e. The molecule has 4 aromatic rings. The molecule has 0 saturated heterocycles. The van der Waals surface area contributed by atoms with Crippen LogP contribution in [0.2, 0.25) is 0 Å². The van der Waals surface area contributed by atoms with Gasteiger partial charge in [-0.05, 0) is 41.5 Å². The summed E-state index contributed by atoms with van der Waals surface area (Å²) in [6.07, 6.45) is 1.73. The number of halogens is 1. The smallest absolute Gasteiger partial charge is 0.203 e. The summed E-state index contributed by atoms with van der Waals surface area (Å²) in [6, 6.07) is 23.8. The first-order valence-electron chi connectivity index (χ1n) is 9.56. The summed E-state index contributed by atoms with van der Waals surface area (Å²) in [7, 11) is 1.63. The normalized spacial score (nSPS) is 10.9. The van der Waals surface area contributed by atoms with Gasteiger partial charge in [0, 0.05) is 15.4 Å². The quantitative estimate of drug-likeness (QED) is 0.221. The van der Waals surface area contributed by atoms with Gasteiger partial charge in [0.25, 0.3) is 0 Å². The van der Waals surface area contributed by atoms with E-state index in [9.17, 15) is 0 Å². The summed E-state index contributed by atoms with van der Waals surface area (Å²) in [5, 5.41) is 7.03. The van der Waals surface area contributed by atoms with E-state index in [1.807, 2.05) is 78.2 Å². The van der Waals surface area contributed by atoms with Crippen molar-refractivity contribution in [2.75, 3.05) is 12.5 Å². The van der Waals surface area contributed by atoms with Gasteiger partial charge in [0.05, 0.1) is 19.0 Å². The van der Waals surface area contributed by atoms with Crippen LogP contribution in [0.25, 0.3) is 11.3 Å². The van der Waals surface area contributed by atoms with E-state index in [1.165, 1.54) is 11.3 Å². The van der Waals surface area contributed by atoms with E-state index in [2.05, 4.69) is 31.4 Å². The number of rotatable bonds is 8. The fourth-order valence-electron chi connectivity index (χ4n) is 2.86. The van der Waals surface area contributed by atoms with Crippen molar-refractivity contribution in [1.82, 2.24) is 4.98 Å². The van der Waals surface area contributed by atoms with Gasteiger partial charge in [-0.15, -0.1) is 11.3 Å². The van der Waals surface area contributed by atoms with Crippen LogP contribution in [-0.4, -0.2) is 18.3 Å². The van der Waals surface area contributed by atoms with E-state index in [-0.39, 0.29) is 0 Å². The van der Waals surface area contributed by atoms with Gasteiger partial charge in [0.15, 0.2) is 11.5 Å². The topological polar surface area (TPSA) is 55.7 Å². The monoisotopic (exact) mass is 493 g/mol. The summed E-state index contributed by atoms with van der Waals surface area (Å²) < 4.78 is 12.4. The van der Waals surface area contributed by atoms with E-state index in [1.54, 1.807) is 13.3 Å². The highest BCUT2D eigenvalue weighted by molar-refractivity contribution is 9.10. The van der Waals surface area contributed by atoms with Gasteiger partial charge >= 0.3 is 0 Å². The average molecular weight is 494 g/mol. The Hall–Kier alpha value is -3.16. The maximum Gasteiger partial charge on any atom is 0.203 e. The summed E-state index contributed by atoms with van der Waals surface area (Å²) in [5.74, 6) is 1.35. The number of aromatic nitrogens is 1. The van der Waals surface area contributed by atoms with Crippen molar-refractivity contribution in [2.45, 2.75) is 6.61 Å². The molecule has 0 spiro atoms. The number of hydrogen-bond acceptors (Lipinski definition) is 6. The molecule has 0 amide bonds. The number of thiazole rings is 1. The van der Waals surface area contributed by atoms with Crippen LogP contribution < -0.4 is 14.9 Å². The van der Waals surface area contributed by atoms with Gasteiger partial charge in [0.1, 0.15) is 6.61 Å². The Bertz CT molecular complexity index is 1160. The number of nitrogens with one attached hydrogen (secondary N) is 1. The van der Waals surface area contributed by atoms with Crippen molar-refractivity contribution in [2.24, 2.45) is 5.10 Å². The van der Waals surface area contributed by atoms with Crippen molar-refractivity contribution >= 4 is 38.6 Å². The molecule has 156 valence electrons. The first kappa shape index (κ1) is 21.1. The number of ether oxygens (including phenoxy) is 2. The predicted molar refractivity (Wildman–Crippen MR) is 130 cm³/mol. The molecule has 7 heteroatoms. The minimum Gasteiger partial charge on any atom is -0.493 e. The average Bonchev–Trinajstić information content (AvgIpc) is 3.28. The number of nitrogens with zero attached hydrogens (tertiary/aromatic N) is 2. The van der Waals surface area contributed by atoms with Gasteiger partial charge in [-0.3, -0.25) is 5.43 Å². The highest BCUT2D eigenvalue weighted by atomic mass is 79.9. The van der Waals surface area contributed by atoms with Gasteiger partial charge in [-0.25, -0.2) is 4.98 Å². The molecule has 0 fully saturated rings. The molecule has 0 radical (unpaired) electrons. The summed E-state index contributed by atoms with van der Waals surface area (Å²) in [6.45, 7) is 0.483. The lowest BCUT2D eigenvalue weighted by Gasteiger charge is -2.11. The lowest BCUT2D eigenvalue weighted by atomic mass is 10.2. The predicted octanol–water partition coefficient (Wildman–Crippen LogP) is 6.61. The third kappa shape index (κ3) is 5.71. The van der Waals surface area contributed by atoms with E-state index in [0.717, 1.165) is 32.0 Å². The number of hydrogen-bond donors (Lipinski definition) is 1. The first-order valence-corrected chi connectivity index (χ1v) is 11.2. The Labute approximate surface area is 193 Å². The number of hydrazone groups is 1. The molecule has 31 heavy (non-hydrogen) atoms. The second-order valence-corrected chi connectivity index (χ2v) is 8.37. The van der Waals surface area contributed by atoms with Crippen molar-refractivity contribution in [3.63, 3.8) is 0 Å². The van der Waals surface area contributed by atoms with Gasteiger partial charge < -0.3 is 9.47 Å². The van der Waals surface area contributed by atoms with Crippen LogP contribution in [0.15, 0.2) is 87.8 Å². The standard InChI is InChI=1S/C24H20BrN3O2S/c1-29-23-13-18(7-12-22(23)30-15-17-5-3-2-4-6-17)14-26-28-24-27-21(16-31-24)19-8-10-20(25)11-9-19/h2-14,16H,15H2,1H3,(H,27,28)/b26-14-. The zero-order valence-corrected chi connectivity index (χ0v) is 19.2. The van der Waals surface area contributed by atoms with Crippen molar-refractivity contribution in [3.8, 4) is 22.8 Å². The molecule has 1 N–H and O–H groups in total. The van der Waals surface area contributed by atoms with Gasteiger partial charge in [-0.1, -0.05) is 58.4 Å². The lowest BCUT2D eigenvalue weighted by molar-refractivity contribution is 0.284.